The first-order valence-electron chi connectivity index (χ1n) is 7.39. The molecule has 1 aromatic rings. The Bertz CT molecular complexity index is 479. The fraction of sp³-hybridized carbons (Fsp3) is 0.625. The van der Waals surface area contributed by atoms with Crippen LogP contribution in [0.5, 0.6) is 11.5 Å². The van der Waals surface area contributed by atoms with Crippen molar-refractivity contribution in [2.45, 2.75) is 51.4 Å². The quantitative estimate of drug-likeness (QED) is 0.876. The summed E-state index contributed by atoms with van der Waals surface area (Å²) in [7, 11) is 1.61. The largest absolute Gasteiger partial charge is 0.493 e. The third-order valence-corrected chi connectivity index (χ3v) is 3.86. The number of rotatable bonds is 6. The molecule has 1 aliphatic rings. The molecule has 0 aliphatic carbocycles. The molecule has 0 radical (unpaired) electrons. The molecule has 0 aromatic heterocycles. The Morgan fingerprint density at radius 2 is 2.19 bits per heavy atom. The summed E-state index contributed by atoms with van der Waals surface area (Å²) in [6.07, 6.45) is 3.28. The second kappa shape index (κ2) is 7.34. The van der Waals surface area contributed by atoms with Gasteiger partial charge in [0.1, 0.15) is 6.61 Å². The summed E-state index contributed by atoms with van der Waals surface area (Å²) in [5.41, 5.74) is 6.87. The number of hydrogen-bond donors (Lipinski definition) is 1. The van der Waals surface area contributed by atoms with Gasteiger partial charge in [0.2, 0.25) is 0 Å². The minimum atomic E-state index is 0.0749. The van der Waals surface area contributed by atoms with Crippen LogP contribution in [0.4, 0.5) is 0 Å². The number of ether oxygens (including phenoxy) is 3. The highest BCUT2D eigenvalue weighted by Gasteiger charge is 2.23. The minimum Gasteiger partial charge on any atom is -0.493 e. The summed E-state index contributed by atoms with van der Waals surface area (Å²) < 4.78 is 17.0. The van der Waals surface area contributed by atoms with E-state index in [0.29, 0.717) is 29.2 Å². The van der Waals surface area contributed by atoms with E-state index in [1.165, 1.54) is 0 Å². The lowest BCUT2D eigenvalue weighted by Gasteiger charge is -2.17. The monoisotopic (exact) mass is 313 g/mol. The van der Waals surface area contributed by atoms with Crippen LogP contribution in [-0.4, -0.2) is 32.0 Å². The molecule has 0 spiro atoms. The van der Waals surface area contributed by atoms with Crippen LogP contribution in [0.15, 0.2) is 12.1 Å². The van der Waals surface area contributed by atoms with Gasteiger partial charge in [-0.2, -0.15) is 0 Å². The van der Waals surface area contributed by atoms with Crippen molar-refractivity contribution in [1.82, 2.24) is 0 Å². The first-order valence-corrected chi connectivity index (χ1v) is 7.77. The van der Waals surface area contributed by atoms with Crippen molar-refractivity contribution in [3.63, 3.8) is 0 Å². The number of methoxy groups -OCH3 is 1. The summed E-state index contributed by atoms with van der Waals surface area (Å²) >= 11 is 6.32. The molecule has 118 valence electrons. The number of halogens is 1. The highest BCUT2D eigenvalue weighted by Crippen LogP contribution is 2.37. The van der Waals surface area contributed by atoms with Crippen LogP contribution in [0.3, 0.4) is 0 Å². The van der Waals surface area contributed by atoms with Crippen molar-refractivity contribution >= 4 is 11.6 Å². The Kier molecular flexibility index (Phi) is 5.73. The number of nitrogens with two attached hydrogens (primary N) is 1. The SMILES string of the molecule is COc1cc(CC(C)N)cc(Cl)c1OCC1CCC(C)O1. The maximum Gasteiger partial charge on any atom is 0.179 e. The number of hydrogen-bond acceptors (Lipinski definition) is 4. The standard InChI is InChI=1S/C16H24ClNO3/c1-10(18)6-12-7-14(17)16(15(8-12)19-3)20-9-13-5-4-11(2)21-13/h7-8,10-11,13H,4-6,9,18H2,1-3H3. The molecule has 2 rings (SSSR count). The minimum absolute atomic E-state index is 0.0749. The van der Waals surface area contributed by atoms with E-state index >= 15 is 0 Å². The first kappa shape index (κ1) is 16.4. The van der Waals surface area contributed by atoms with E-state index in [9.17, 15) is 0 Å². The van der Waals surface area contributed by atoms with Gasteiger partial charge in [-0.15, -0.1) is 0 Å². The third kappa shape index (κ3) is 4.50. The normalized spacial score (nSPS) is 23.1. The molecule has 21 heavy (non-hydrogen) atoms. The van der Waals surface area contributed by atoms with Gasteiger partial charge >= 0.3 is 0 Å². The van der Waals surface area contributed by atoms with Gasteiger partial charge in [-0.05, 0) is 50.8 Å². The van der Waals surface area contributed by atoms with E-state index in [4.69, 9.17) is 31.5 Å². The van der Waals surface area contributed by atoms with Crippen LogP contribution in [0, 0.1) is 0 Å². The van der Waals surface area contributed by atoms with Crippen LogP contribution in [-0.2, 0) is 11.2 Å². The maximum atomic E-state index is 6.32. The summed E-state index contributed by atoms with van der Waals surface area (Å²) in [5, 5.41) is 0.552. The number of benzene rings is 1. The highest BCUT2D eigenvalue weighted by atomic mass is 35.5. The van der Waals surface area contributed by atoms with E-state index < -0.39 is 0 Å². The Labute approximate surface area is 131 Å². The van der Waals surface area contributed by atoms with Crippen molar-refractivity contribution < 1.29 is 14.2 Å². The molecule has 1 heterocycles. The maximum absolute atomic E-state index is 6.32. The van der Waals surface area contributed by atoms with Gasteiger partial charge in [-0.25, -0.2) is 0 Å². The van der Waals surface area contributed by atoms with Crippen LogP contribution in [0.25, 0.3) is 0 Å². The predicted octanol–water partition coefficient (Wildman–Crippen LogP) is 3.18. The average molecular weight is 314 g/mol. The fourth-order valence-electron chi connectivity index (χ4n) is 2.59. The van der Waals surface area contributed by atoms with Gasteiger partial charge in [-0.1, -0.05) is 11.6 Å². The molecule has 3 atom stereocenters. The first-order chi connectivity index (χ1) is 9.99. The van der Waals surface area contributed by atoms with Crippen LogP contribution in [0.1, 0.15) is 32.3 Å². The van der Waals surface area contributed by atoms with Crippen LogP contribution < -0.4 is 15.2 Å². The van der Waals surface area contributed by atoms with E-state index in [0.717, 1.165) is 24.8 Å². The second-order valence-electron chi connectivity index (χ2n) is 5.75. The van der Waals surface area contributed by atoms with E-state index in [1.807, 2.05) is 19.1 Å². The van der Waals surface area contributed by atoms with E-state index in [2.05, 4.69) is 6.92 Å². The molecule has 0 amide bonds. The molecule has 5 heteroatoms. The molecule has 1 aromatic carbocycles. The zero-order chi connectivity index (χ0) is 15.4. The summed E-state index contributed by atoms with van der Waals surface area (Å²) in [5.74, 6) is 1.22. The van der Waals surface area contributed by atoms with Gasteiger partial charge in [0.25, 0.3) is 0 Å². The van der Waals surface area contributed by atoms with E-state index in [1.54, 1.807) is 7.11 Å². The molecule has 2 N–H and O–H groups in total. The molecule has 1 saturated heterocycles. The predicted molar refractivity (Wildman–Crippen MR) is 84.4 cm³/mol. The average Bonchev–Trinajstić information content (AvgIpc) is 2.82. The van der Waals surface area contributed by atoms with Gasteiger partial charge in [0.05, 0.1) is 24.3 Å². The molecular weight excluding hydrogens is 290 g/mol. The Morgan fingerprint density at radius 3 is 2.76 bits per heavy atom. The fourth-order valence-corrected chi connectivity index (χ4v) is 2.87. The highest BCUT2D eigenvalue weighted by molar-refractivity contribution is 6.32. The van der Waals surface area contributed by atoms with Crippen molar-refractivity contribution in [3.05, 3.63) is 22.7 Å². The van der Waals surface area contributed by atoms with Gasteiger partial charge in [-0.3, -0.25) is 0 Å². The molecule has 4 nitrogen and oxygen atoms in total. The second-order valence-corrected chi connectivity index (χ2v) is 6.15. The van der Waals surface area contributed by atoms with Crippen molar-refractivity contribution in [2.24, 2.45) is 5.73 Å². The Balaban J connectivity index is 2.07. The smallest absolute Gasteiger partial charge is 0.179 e. The van der Waals surface area contributed by atoms with E-state index in [-0.39, 0.29) is 12.1 Å². The van der Waals surface area contributed by atoms with Gasteiger partial charge < -0.3 is 19.9 Å². The van der Waals surface area contributed by atoms with Gasteiger partial charge in [0, 0.05) is 6.04 Å². The Morgan fingerprint density at radius 1 is 1.43 bits per heavy atom. The van der Waals surface area contributed by atoms with Crippen molar-refractivity contribution in [1.29, 1.82) is 0 Å². The van der Waals surface area contributed by atoms with Crippen molar-refractivity contribution in [2.75, 3.05) is 13.7 Å². The molecule has 3 unspecified atom stereocenters. The zero-order valence-electron chi connectivity index (χ0n) is 12.9. The lowest BCUT2D eigenvalue weighted by atomic mass is 10.1. The molecular formula is C16H24ClNO3. The molecule has 0 saturated carbocycles. The summed E-state index contributed by atoms with van der Waals surface area (Å²) in [6.45, 7) is 4.53. The zero-order valence-corrected chi connectivity index (χ0v) is 13.7. The van der Waals surface area contributed by atoms with Crippen LogP contribution >= 0.6 is 11.6 Å². The molecule has 1 aliphatic heterocycles. The molecule has 1 fully saturated rings. The summed E-state index contributed by atoms with van der Waals surface area (Å²) in [4.78, 5) is 0. The Hall–Kier alpha value is -0.970. The summed E-state index contributed by atoms with van der Waals surface area (Å²) in [6, 6.07) is 3.90. The lowest BCUT2D eigenvalue weighted by Crippen LogP contribution is -2.19. The molecule has 0 bridgehead atoms. The lowest BCUT2D eigenvalue weighted by molar-refractivity contribution is 0.0259. The van der Waals surface area contributed by atoms with Gasteiger partial charge in [0.15, 0.2) is 11.5 Å². The van der Waals surface area contributed by atoms with Crippen LogP contribution in [0.2, 0.25) is 5.02 Å². The third-order valence-electron chi connectivity index (χ3n) is 3.58. The van der Waals surface area contributed by atoms with Crippen molar-refractivity contribution in [3.8, 4) is 11.5 Å². The topological polar surface area (TPSA) is 53.7 Å².